The molecule has 0 bridgehead atoms. The third kappa shape index (κ3) is 3.21. The molecule has 0 saturated carbocycles. The first-order chi connectivity index (χ1) is 10.3. The summed E-state index contributed by atoms with van der Waals surface area (Å²) in [4.78, 5) is 26.1. The fourth-order valence-corrected chi connectivity index (χ4v) is 2.84. The maximum Gasteiger partial charge on any atom is 0.223 e. The van der Waals surface area contributed by atoms with Crippen molar-refractivity contribution in [3.8, 4) is 0 Å². The van der Waals surface area contributed by atoms with Crippen LogP contribution in [0.15, 0.2) is 18.3 Å². The van der Waals surface area contributed by atoms with Gasteiger partial charge in [-0.25, -0.2) is 9.97 Å². The van der Waals surface area contributed by atoms with Crippen LogP contribution in [0.4, 0.5) is 0 Å². The number of carbonyl (C=O) groups is 1. The molecule has 1 aliphatic rings. The van der Waals surface area contributed by atoms with Gasteiger partial charge in [0, 0.05) is 38.2 Å². The summed E-state index contributed by atoms with van der Waals surface area (Å²) >= 11 is 0. The Morgan fingerprint density at radius 2 is 2.48 bits per heavy atom. The molecule has 0 radical (unpaired) electrons. The lowest BCUT2D eigenvalue weighted by Crippen LogP contribution is -2.47. The number of H-pyrrole nitrogens is 1. The number of hydrogen-bond acceptors (Lipinski definition) is 4. The summed E-state index contributed by atoms with van der Waals surface area (Å²) in [5.41, 5.74) is 1.64. The average molecular weight is 287 g/mol. The van der Waals surface area contributed by atoms with Crippen molar-refractivity contribution in [2.24, 2.45) is 0 Å². The topological polar surface area (TPSA) is 73.9 Å². The number of imidazole rings is 1. The zero-order valence-electron chi connectivity index (χ0n) is 12.3. The molecule has 3 heterocycles. The van der Waals surface area contributed by atoms with Gasteiger partial charge in [-0.05, 0) is 32.0 Å². The van der Waals surface area contributed by atoms with Crippen LogP contribution in [0.3, 0.4) is 0 Å². The van der Waals surface area contributed by atoms with Gasteiger partial charge in [0.1, 0.15) is 5.82 Å². The number of amides is 1. The van der Waals surface area contributed by atoms with E-state index in [9.17, 15) is 4.79 Å². The van der Waals surface area contributed by atoms with E-state index >= 15 is 0 Å². The second kappa shape index (κ2) is 6.22. The summed E-state index contributed by atoms with van der Waals surface area (Å²) in [7, 11) is 1.96. The van der Waals surface area contributed by atoms with Crippen molar-refractivity contribution in [1.82, 2.24) is 25.2 Å². The fraction of sp³-hybridized carbons (Fsp3) is 0.533. The van der Waals surface area contributed by atoms with Crippen molar-refractivity contribution in [2.45, 2.75) is 31.7 Å². The number of pyridine rings is 1. The number of rotatable bonds is 4. The highest BCUT2D eigenvalue weighted by atomic mass is 16.2. The molecule has 1 amide bonds. The Labute approximate surface area is 124 Å². The van der Waals surface area contributed by atoms with E-state index < -0.39 is 0 Å². The van der Waals surface area contributed by atoms with Crippen LogP contribution in [0.1, 0.15) is 25.1 Å². The minimum absolute atomic E-state index is 0.211. The predicted octanol–water partition coefficient (Wildman–Crippen LogP) is 1.10. The lowest BCUT2D eigenvalue weighted by molar-refractivity contribution is -0.132. The first-order valence-corrected chi connectivity index (χ1v) is 7.51. The zero-order chi connectivity index (χ0) is 14.7. The number of nitrogens with one attached hydrogen (secondary N) is 2. The third-order valence-electron chi connectivity index (χ3n) is 4.06. The minimum atomic E-state index is 0.211. The van der Waals surface area contributed by atoms with E-state index in [1.54, 1.807) is 6.20 Å². The van der Waals surface area contributed by atoms with Crippen LogP contribution >= 0.6 is 0 Å². The molecule has 0 spiro atoms. The van der Waals surface area contributed by atoms with E-state index in [-0.39, 0.29) is 5.91 Å². The Kier molecular flexibility index (Phi) is 4.15. The van der Waals surface area contributed by atoms with Crippen LogP contribution in [-0.2, 0) is 11.2 Å². The van der Waals surface area contributed by atoms with Gasteiger partial charge in [0.15, 0.2) is 5.65 Å². The number of aromatic amines is 1. The Morgan fingerprint density at radius 1 is 1.57 bits per heavy atom. The van der Waals surface area contributed by atoms with Gasteiger partial charge in [-0.1, -0.05) is 0 Å². The van der Waals surface area contributed by atoms with Gasteiger partial charge in [-0.2, -0.15) is 0 Å². The molecular formula is C15H21N5O. The number of likely N-dealkylation sites (tertiary alicyclic amines) is 1. The highest BCUT2D eigenvalue weighted by Gasteiger charge is 2.22. The van der Waals surface area contributed by atoms with Crippen LogP contribution in [0.2, 0.25) is 0 Å². The van der Waals surface area contributed by atoms with E-state index in [0.717, 1.165) is 37.3 Å². The lowest BCUT2D eigenvalue weighted by Gasteiger charge is -2.32. The van der Waals surface area contributed by atoms with E-state index in [0.29, 0.717) is 24.5 Å². The largest absolute Gasteiger partial charge is 0.341 e. The Hall–Kier alpha value is -1.95. The minimum Gasteiger partial charge on any atom is -0.341 e. The number of fused-ring (bicyclic) bond motifs is 1. The molecule has 2 aromatic heterocycles. The fourth-order valence-electron chi connectivity index (χ4n) is 2.84. The summed E-state index contributed by atoms with van der Waals surface area (Å²) in [5, 5.41) is 3.26. The number of aryl methyl sites for hydroxylation is 1. The molecule has 112 valence electrons. The van der Waals surface area contributed by atoms with Crippen molar-refractivity contribution in [2.75, 3.05) is 20.1 Å². The van der Waals surface area contributed by atoms with Gasteiger partial charge in [-0.3, -0.25) is 4.79 Å². The van der Waals surface area contributed by atoms with Crippen LogP contribution in [0.25, 0.3) is 11.2 Å². The Morgan fingerprint density at radius 3 is 3.29 bits per heavy atom. The normalized spacial score (nSPS) is 19.1. The van der Waals surface area contributed by atoms with Gasteiger partial charge in [0.2, 0.25) is 5.91 Å². The second-order valence-corrected chi connectivity index (χ2v) is 5.53. The Balaban J connectivity index is 1.57. The molecule has 0 unspecified atom stereocenters. The quantitative estimate of drug-likeness (QED) is 0.883. The van der Waals surface area contributed by atoms with Crippen molar-refractivity contribution in [3.05, 3.63) is 24.2 Å². The summed E-state index contributed by atoms with van der Waals surface area (Å²) in [5.74, 6) is 1.04. The van der Waals surface area contributed by atoms with Gasteiger partial charge in [0.25, 0.3) is 0 Å². The molecule has 2 N–H and O–H groups in total. The molecule has 6 nitrogen and oxygen atoms in total. The number of aromatic nitrogens is 3. The third-order valence-corrected chi connectivity index (χ3v) is 4.06. The summed E-state index contributed by atoms with van der Waals surface area (Å²) < 4.78 is 0. The highest BCUT2D eigenvalue weighted by molar-refractivity contribution is 5.77. The molecule has 0 aliphatic carbocycles. The van der Waals surface area contributed by atoms with E-state index in [1.165, 1.54) is 0 Å². The van der Waals surface area contributed by atoms with Gasteiger partial charge < -0.3 is 15.2 Å². The SMILES string of the molecule is CN[C@@H]1CCCN(C(=O)CCc2nc3ncccc3[nH]2)C1. The van der Waals surface area contributed by atoms with E-state index in [4.69, 9.17) is 0 Å². The van der Waals surface area contributed by atoms with Crippen molar-refractivity contribution in [3.63, 3.8) is 0 Å². The van der Waals surface area contributed by atoms with Gasteiger partial charge >= 0.3 is 0 Å². The number of likely N-dealkylation sites (N-methyl/N-ethyl adjacent to an activating group) is 1. The number of hydrogen-bond donors (Lipinski definition) is 2. The molecule has 0 aromatic carbocycles. The molecule has 1 fully saturated rings. The van der Waals surface area contributed by atoms with Crippen molar-refractivity contribution < 1.29 is 4.79 Å². The van der Waals surface area contributed by atoms with Gasteiger partial charge in [0.05, 0.1) is 5.52 Å². The monoisotopic (exact) mass is 287 g/mol. The van der Waals surface area contributed by atoms with Crippen LogP contribution < -0.4 is 5.32 Å². The smallest absolute Gasteiger partial charge is 0.223 e. The molecule has 21 heavy (non-hydrogen) atoms. The Bertz CT molecular complexity index is 590. The number of nitrogens with zero attached hydrogens (tertiary/aromatic N) is 3. The molecule has 1 saturated heterocycles. The highest BCUT2D eigenvalue weighted by Crippen LogP contribution is 2.13. The maximum atomic E-state index is 12.3. The molecule has 1 aliphatic heterocycles. The standard InChI is InChI=1S/C15H21N5O/c1-16-11-4-3-9-20(10-11)14(21)7-6-13-18-12-5-2-8-17-15(12)19-13/h2,5,8,11,16H,3-4,6-7,9-10H2,1H3,(H,17,18,19)/t11-/m1/s1. The molecule has 2 aromatic rings. The van der Waals surface area contributed by atoms with Crippen molar-refractivity contribution >= 4 is 17.1 Å². The first-order valence-electron chi connectivity index (χ1n) is 7.51. The molecular weight excluding hydrogens is 266 g/mol. The lowest BCUT2D eigenvalue weighted by atomic mass is 10.1. The first kappa shape index (κ1) is 14.0. The number of carbonyl (C=O) groups excluding carboxylic acids is 1. The molecule has 3 rings (SSSR count). The summed E-state index contributed by atoms with van der Waals surface area (Å²) in [6.45, 7) is 1.69. The van der Waals surface area contributed by atoms with E-state index in [2.05, 4.69) is 20.3 Å². The molecule has 6 heteroatoms. The predicted molar refractivity (Wildman–Crippen MR) is 80.9 cm³/mol. The van der Waals surface area contributed by atoms with Crippen LogP contribution in [-0.4, -0.2) is 51.9 Å². The van der Waals surface area contributed by atoms with Crippen LogP contribution in [0, 0.1) is 0 Å². The molecule has 1 atom stereocenters. The zero-order valence-corrected chi connectivity index (χ0v) is 12.3. The summed E-state index contributed by atoms with van der Waals surface area (Å²) in [6.07, 6.45) is 5.08. The summed E-state index contributed by atoms with van der Waals surface area (Å²) in [6, 6.07) is 4.25. The van der Waals surface area contributed by atoms with Gasteiger partial charge in [-0.15, -0.1) is 0 Å². The second-order valence-electron chi connectivity index (χ2n) is 5.53. The van der Waals surface area contributed by atoms with Crippen molar-refractivity contribution in [1.29, 1.82) is 0 Å². The van der Waals surface area contributed by atoms with E-state index in [1.807, 2.05) is 24.1 Å². The van der Waals surface area contributed by atoms with Crippen LogP contribution in [0.5, 0.6) is 0 Å². The average Bonchev–Trinajstić information content (AvgIpc) is 2.95. The number of piperidine rings is 1. The maximum absolute atomic E-state index is 12.3.